The first-order chi connectivity index (χ1) is 6.75. The number of hydrogen-bond donors (Lipinski definition) is 1. The van der Waals surface area contributed by atoms with Crippen molar-refractivity contribution < 1.29 is 0 Å². The number of aromatic nitrogens is 2. The summed E-state index contributed by atoms with van der Waals surface area (Å²) in [6.07, 6.45) is 2.48. The van der Waals surface area contributed by atoms with Crippen LogP contribution in [0.25, 0.3) is 0 Å². The van der Waals surface area contributed by atoms with Gasteiger partial charge in [0, 0.05) is 11.3 Å². The Labute approximate surface area is 94.9 Å². The molecule has 0 spiro atoms. The summed E-state index contributed by atoms with van der Waals surface area (Å²) in [5.74, 6) is 0. The van der Waals surface area contributed by atoms with Crippen LogP contribution in [0.3, 0.4) is 0 Å². The summed E-state index contributed by atoms with van der Waals surface area (Å²) in [7, 11) is 0. The second kappa shape index (κ2) is 4.35. The van der Waals surface area contributed by atoms with E-state index in [1.807, 2.05) is 12.1 Å². The number of rotatable bonds is 3. The molecular weight excluding hydrogens is 238 g/mol. The molecule has 0 saturated carbocycles. The average molecular weight is 246 g/mol. The molecule has 2 rings (SSSR count). The minimum absolute atomic E-state index is 0.0801. The van der Waals surface area contributed by atoms with Crippen LogP contribution in [0.1, 0.15) is 16.6 Å². The Bertz CT molecular complexity index is 398. The fraction of sp³-hybridized carbons (Fsp3) is 0.250. The number of nitrogens with zero attached hydrogens (tertiary/aromatic N) is 2. The molecule has 2 aromatic heterocycles. The molecule has 0 radical (unpaired) electrons. The number of hydrogen-bond acceptors (Lipinski definition) is 5. The molecule has 0 bridgehead atoms. The molecule has 14 heavy (non-hydrogen) atoms. The highest BCUT2D eigenvalue weighted by molar-refractivity contribution is 7.16. The van der Waals surface area contributed by atoms with Gasteiger partial charge in [0.2, 0.25) is 0 Å². The fourth-order valence-corrected chi connectivity index (χ4v) is 2.74. The first-order valence-electron chi connectivity index (χ1n) is 4.03. The monoisotopic (exact) mass is 245 g/mol. The SMILES string of the molecule is NC(Cc1ccc(Cl)s1)c1cnsn1. The molecule has 0 aromatic carbocycles. The van der Waals surface area contributed by atoms with Crippen molar-refractivity contribution in [3.63, 3.8) is 0 Å². The van der Waals surface area contributed by atoms with Crippen LogP contribution in [0.4, 0.5) is 0 Å². The molecule has 2 N–H and O–H groups in total. The van der Waals surface area contributed by atoms with E-state index in [0.717, 1.165) is 16.5 Å². The van der Waals surface area contributed by atoms with Crippen LogP contribution in [-0.4, -0.2) is 8.75 Å². The molecule has 3 nitrogen and oxygen atoms in total. The van der Waals surface area contributed by atoms with E-state index in [1.165, 1.54) is 16.6 Å². The molecule has 74 valence electrons. The Morgan fingerprint density at radius 2 is 2.36 bits per heavy atom. The quantitative estimate of drug-likeness (QED) is 0.904. The predicted molar refractivity (Wildman–Crippen MR) is 59.9 cm³/mol. The van der Waals surface area contributed by atoms with Gasteiger partial charge >= 0.3 is 0 Å². The van der Waals surface area contributed by atoms with Gasteiger partial charge in [-0.05, 0) is 12.1 Å². The number of nitrogens with two attached hydrogens (primary N) is 1. The molecule has 0 aliphatic carbocycles. The lowest BCUT2D eigenvalue weighted by atomic mass is 10.1. The third-order valence-electron chi connectivity index (χ3n) is 1.81. The van der Waals surface area contributed by atoms with E-state index in [-0.39, 0.29) is 6.04 Å². The standard InChI is InChI=1S/C8H8ClN3S2/c9-8-2-1-5(13-8)3-6(10)7-4-11-14-12-7/h1-2,4,6H,3,10H2. The molecule has 0 aliphatic rings. The van der Waals surface area contributed by atoms with E-state index in [4.69, 9.17) is 17.3 Å². The van der Waals surface area contributed by atoms with Crippen LogP contribution in [0.2, 0.25) is 4.34 Å². The van der Waals surface area contributed by atoms with E-state index >= 15 is 0 Å². The van der Waals surface area contributed by atoms with Gasteiger partial charge in [-0.25, -0.2) is 0 Å². The molecule has 6 heteroatoms. The van der Waals surface area contributed by atoms with Crippen molar-refractivity contribution in [2.45, 2.75) is 12.5 Å². The lowest BCUT2D eigenvalue weighted by Gasteiger charge is -2.05. The Kier molecular flexibility index (Phi) is 3.12. The highest BCUT2D eigenvalue weighted by atomic mass is 35.5. The second-order valence-electron chi connectivity index (χ2n) is 2.85. The minimum Gasteiger partial charge on any atom is -0.322 e. The molecule has 1 atom stereocenters. The number of thiophene rings is 1. The van der Waals surface area contributed by atoms with Gasteiger partial charge in [0.15, 0.2) is 0 Å². The first-order valence-corrected chi connectivity index (χ1v) is 5.95. The van der Waals surface area contributed by atoms with Crippen molar-refractivity contribution in [3.8, 4) is 0 Å². The van der Waals surface area contributed by atoms with Crippen LogP contribution in [-0.2, 0) is 6.42 Å². The van der Waals surface area contributed by atoms with Crippen molar-refractivity contribution in [1.82, 2.24) is 8.75 Å². The van der Waals surface area contributed by atoms with Crippen molar-refractivity contribution in [2.75, 3.05) is 0 Å². The second-order valence-corrected chi connectivity index (χ2v) is 5.21. The summed E-state index contributed by atoms with van der Waals surface area (Å²) in [5, 5.41) is 0. The third-order valence-corrected chi connectivity index (χ3v) is 3.55. The van der Waals surface area contributed by atoms with E-state index < -0.39 is 0 Å². The molecular formula is C8H8ClN3S2. The van der Waals surface area contributed by atoms with Gasteiger partial charge in [-0.2, -0.15) is 8.75 Å². The zero-order chi connectivity index (χ0) is 9.97. The first kappa shape index (κ1) is 10.0. The maximum absolute atomic E-state index is 5.95. The van der Waals surface area contributed by atoms with Crippen LogP contribution >= 0.6 is 34.7 Å². The highest BCUT2D eigenvalue weighted by Gasteiger charge is 2.10. The van der Waals surface area contributed by atoms with Crippen LogP contribution < -0.4 is 5.73 Å². The van der Waals surface area contributed by atoms with Crippen molar-refractivity contribution in [1.29, 1.82) is 0 Å². The van der Waals surface area contributed by atoms with Crippen LogP contribution in [0, 0.1) is 0 Å². The Balaban J connectivity index is 2.05. The Hall–Kier alpha value is -0.490. The third kappa shape index (κ3) is 2.30. The average Bonchev–Trinajstić information content (AvgIpc) is 2.75. The molecule has 0 aliphatic heterocycles. The summed E-state index contributed by atoms with van der Waals surface area (Å²) < 4.78 is 8.81. The molecule has 2 aromatic rings. The molecule has 0 fully saturated rings. The maximum Gasteiger partial charge on any atom is 0.0931 e. The van der Waals surface area contributed by atoms with E-state index in [9.17, 15) is 0 Å². The lowest BCUT2D eigenvalue weighted by molar-refractivity contribution is 0.712. The smallest absolute Gasteiger partial charge is 0.0931 e. The summed E-state index contributed by atoms with van der Waals surface area (Å²) >= 11 is 8.56. The topological polar surface area (TPSA) is 51.8 Å². The van der Waals surface area contributed by atoms with Crippen LogP contribution in [0.5, 0.6) is 0 Å². The van der Waals surface area contributed by atoms with Gasteiger partial charge in [0.25, 0.3) is 0 Å². The van der Waals surface area contributed by atoms with Gasteiger partial charge < -0.3 is 5.73 Å². The van der Waals surface area contributed by atoms with E-state index in [2.05, 4.69) is 8.75 Å². The Morgan fingerprint density at radius 3 is 2.93 bits per heavy atom. The van der Waals surface area contributed by atoms with E-state index in [0.29, 0.717) is 0 Å². The summed E-state index contributed by atoms with van der Waals surface area (Å²) in [5.41, 5.74) is 6.80. The normalized spacial score (nSPS) is 13.0. The molecule has 1 unspecified atom stereocenters. The summed E-state index contributed by atoms with van der Waals surface area (Å²) in [4.78, 5) is 1.18. The van der Waals surface area contributed by atoms with Gasteiger partial charge in [-0.1, -0.05) is 11.6 Å². The van der Waals surface area contributed by atoms with Crippen molar-refractivity contribution >= 4 is 34.7 Å². The fourth-order valence-electron chi connectivity index (χ4n) is 1.12. The van der Waals surface area contributed by atoms with Gasteiger partial charge in [0.1, 0.15) is 0 Å². The van der Waals surface area contributed by atoms with Crippen molar-refractivity contribution in [3.05, 3.63) is 33.2 Å². The molecule has 0 saturated heterocycles. The lowest BCUT2D eigenvalue weighted by Crippen LogP contribution is -2.12. The molecule has 0 amide bonds. The largest absolute Gasteiger partial charge is 0.322 e. The van der Waals surface area contributed by atoms with E-state index in [1.54, 1.807) is 17.5 Å². The minimum atomic E-state index is -0.0801. The summed E-state index contributed by atoms with van der Waals surface area (Å²) in [6, 6.07) is 3.80. The zero-order valence-electron chi connectivity index (χ0n) is 7.18. The number of halogens is 1. The predicted octanol–water partition coefficient (Wildman–Crippen LogP) is 2.50. The van der Waals surface area contributed by atoms with Crippen molar-refractivity contribution in [2.24, 2.45) is 5.73 Å². The zero-order valence-corrected chi connectivity index (χ0v) is 9.57. The van der Waals surface area contributed by atoms with Crippen LogP contribution in [0.15, 0.2) is 18.3 Å². The summed E-state index contributed by atoms with van der Waals surface area (Å²) in [6.45, 7) is 0. The Morgan fingerprint density at radius 1 is 1.50 bits per heavy atom. The molecule has 2 heterocycles. The highest BCUT2D eigenvalue weighted by Crippen LogP contribution is 2.25. The van der Waals surface area contributed by atoms with Gasteiger partial charge in [0.05, 0.1) is 34.0 Å². The van der Waals surface area contributed by atoms with Gasteiger partial charge in [-0.3, -0.25) is 0 Å². The maximum atomic E-state index is 5.95. The van der Waals surface area contributed by atoms with Gasteiger partial charge in [-0.15, -0.1) is 11.3 Å².